The van der Waals surface area contributed by atoms with Crippen molar-refractivity contribution in [2.75, 3.05) is 20.3 Å². The van der Waals surface area contributed by atoms with E-state index < -0.39 is 10.8 Å². The van der Waals surface area contributed by atoms with Crippen LogP contribution < -0.4 is 5.32 Å². The van der Waals surface area contributed by atoms with E-state index in [1.54, 1.807) is 0 Å². The number of halogens is 1. The smallest absolute Gasteiger partial charge is 0.321 e. The largest absolute Gasteiger partial charge is 0.468 e. The van der Waals surface area contributed by atoms with Crippen LogP contribution in [0.2, 0.25) is 0 Å². The number of carbonyl (C=O) groups is 2. The summed E-state index contributed by atoms with van der Waals surface area (Å²) in [6.45, 7) is 5.75. The maximum absolute atomic E-state index is 11.3. The highest BCUT2D eigenvalue weighted by Gasteiger charge is 2.17. The number of hydrogen-bond donors (Lipinski definition) is 1. The van der Waals surface area contributed by atoms with E-state index in [2.05, 4.69) is 26.0 Å². The molecule has 0 aliphatic heterocycles. The predicted molar refractivity (Wildman–Crippen MR) is 63.4 cm³/mol. The van der Waals surface area contributed by atoms with Crippen molar-refractivity contribution in [3.63, 3.8) is 0 Å². The first kappa shape index (κ1) is 15.4. The van der Waals surface area contributed by atoms with Gasteiger partial charge in [0.15, 0.2) is 0 Å². The van der Waals surface area contributed by atoms with Crippen molar-refractivity contribution in [2.24, 2.45) is 0 Å². The van der Waals surface area contributed by atoms with Crippen molar-refractivity contribution in [1.29, 1.82) is 0 Å². The average molecular weight is 296 g/mol. The highest BCUT2D eigenvalue weighted by Crippen LogP contribution is 2.05. The molecule has 94 valence electrons. The summed E-state index contributed by atoms with van der Waals surface area (Å²) in [6, 6.07) is 0. The van der Waals surface area contributed by atoms with Crippen LogP contribution in [0.15, 0.2) is 0 Å². The molecule has 0 aromatic carbocycles. The number of rotatable bonds is 5. The summed E-state index contributed by atoms with van der Waals surface area (Å²) in [4.78, 5) is 21.8. The third-order valence-corrected chi connectivity index (χ3v) is 2.27. The van der Waals surface area contributed by atoms with Gasteiger partial charge < -0.3 is 14.8 Å². The lowest BCUT2D eigenvalue weighted by molar-refractivity contribution is -0.139. The Labute approximate surface area is 104 Å². The third kappa shape index (κ3) is 7.64. The minimum Gasteiger partial charge on any atom is -0.468 e. The van der Waals surface area contributed by atoms with Crippen LogP contribution in [0.4, 0.5) is 0 Å². The van der Waals surface area contributed by atoms with E-state index in [9.17, 15) is 9.59 Å². The van der Waals surface area contributed by atoms with E-state index in [4.69, 9.17) is 4.74 Å². The fourth-order valence-electron chi connectivity index (χ4n) is 0.748. The van der Waals surface area contributed by atoms with Crippen LogP contribution in [0.5, 0.6) is 0 Å². The zero-order valence-electron chi connectivity index (χ0n) is 10.0. The van der Waals surface area contributed by atoms with Crippen molar-refractivity contribution >= 4 is 27.8 Å². The molecule has 0 heterocycles. The van der Waals surface area contributed by atoms with Crippen LogP contribution in [0, 0.1) is 0 Å². The third-order valence-electron chi connectivity index (χ3n) is 1.57. The maximum Gasteiger partial charge on any atom is 0.321 e. The molecular formula is C10H18BrNO4. The van der Waals surface area contributed by atoms with Gasteiger partial charge in [-0.1, -0.05) is 15.9 Å². The van der Waals surface area contributed by atoms with Crippen molar-refractivity contribution in [3.8, 4) is 0 Å². The second-order valence-corrected chi connectivity index (χ2v) is 5.30. The van der Waals surface area contributed by atoms with Gasteiger partial charge in [0, 0.05) is 6.54 Å². The number of carbonyl (C=O) groups excluding carboxylic acids is 2. The average Bonchev–Trinajstić information content (AvgIpc) is 2.20. The van der Waals surface area contributed by atoms with E-state index in [0.717, 1.165) is 0 Å². The Bertz CT molecular complexity index is 250. The van der Waals surface area contributed by atoms with Gasteiger partial charge in [-0.3, -0.25) is 9.59 Å². The van der Waals surface area contributed by atoms with Gasteiger partial charge in [-0.05, 0) is 20.8 Å². The molecule has 1 amide bonds. The number of nitrogens with one attached hydrogen (secondary N) is 1. The highest BCUT2D eigenvalue weighted by atomic mass is 79.9. The van der Waals surface area contributed by atoms with Crippen LogP contribution >= 0.6 is 15.9 Å². The first-order valence-corrected chi connectivity index (χ1v) is 5.80. The van der Waals surface area contributed by atoms with Crippen LogP contribution in [-0.2, 0) is 19.1 Å². The molecule has 1 N–H and O–H groups in total. The second-order valence-electron chi connectivity index (χ2n) is 4.20. The number of esters is 1. The molecule has 0 saturated carbocycles. The lowest BCUT2D eigenvalue weighted by atomic mass is 10.2. The number of alkyl halides is 1. The molecule has 0 aliphatic rings. The Morgan fingerprint density at radius 3 is 2.38 bits per heavy atom. The summed E-state index contributed by atoms with van der Waals surface area (Å²) >= 11 is 3.09. The summed E-state index contributed by atoms with van der Waals surface area (Å²) in [5.74, 6) is -0.680. The van der Waals surface area contributed by atoms with Crippen molar-refractivity contribution < 1.29 is 19.1 Å². The highest BCUT2D eigenvalue weighted by molar-refractivity contribution is 9.10. The summed E-state index contributed by atoms with van der Waals surface area (Å²) in [6.07, 6.45) is 0. The second kappa shape index (κ2) is 6.85. The molecule has 0 saturated heterocycles. The van der Waals surface area contributed by atoms with Gasteiger partial charge >= 0.3 is 5.97 Å². The Morgan fingerprint density at radius 1 is 1.38 bits per heavy atom. The fourth-order valence-corrected chi connectivity index (χ4v) is 1.10. The van der Waals surface area contributed by atoms with Crippen molar-refractivity contribution in [3.05, 3.63) is 0 Å². The summed E-state index contributed by atoms with van der Waals surface area (Å²) < 4.78 is 9.76. The Balaban J connectivity index is 3.78. The predicted octanol–water partition coefficient (Wildman–Crippen LogP) is 0.854. The molecule has 5 nitrogen and oxygen atoms in total. The van der Waals surface area contributed by atoms with E-state index in [1.807, 2.05) is 20.8 Å². The number of hydrogen-bond acceptors (Lipinski definition) is 4. The summed E-state index contributed by atoms with van der Waals surface area (Å²) in [5, 5.41) is 2.56. The SMILES string of the molecule is COC(=O)C(Br)CNC(=O)COC(C)(C)C. The minimum atomic E-state index is -0.531. The van der Waals surface area contributed by atoms with E-state index in [1.165, 1.54) is 7.11 Å². The molecule has 1 atom stereocenters. The molecule has 0 fully saturated rings. The van der Waals surface area contributed by atoms with Crippen molar-refractivity contribution in [2.45, 2.75) is 31.2 Å². The van der Waals surface area contributed by atoms with Gasteiger partial charge in [0.05, 0.1) is 12.7 Å². The Kier molecular flexibility index (Phi) is 6.59. The van der Waals surface area contributed by atoms with Crippen LogP contribution in [0.25, 0.3) is 0 Å². The monoisotopic (exact) mass is 295 g/mol. The van der Waals surface area contributed by atoms with E-state index in [-0.39, 0.29) is 24.7 Å². The van der Waals surface area contributed by atoms with Gasteiger partial charge in [0.1, 0.15) is 11.4 Å². The van der Waals surface area contributed by atoms with Crippen LogP contribution in [0.1, 0.15) is 20.8 Å². The molecule has 0 bridgehead atoms. The van der Waals surface area contributed by atoms with Gasteiger partial charge in [0.25, 0.3) is 0 Å². The Morgan fingerprint density at radius 2 is 1.94 bits per heavy atom. The van der Waals surface area contributed by atoms with Gasteiger partial charge in [0.2, 0.25) is 5.91 Å². The first-order chi connectivity index (χ1) is 7.26. The van der Waals surface area contributed by atoms with Gasteiger partial charge in [-0.25, -0.2) is 0 Å². The zero-order valence-corrected chi connectivity index (χ0v) is 11.6. The molecular weight excluding hydrogens is 278 g/mol. The number of ether oxygens (including phenoxy) is 2. The number of amides is 1. The molecule has 1 unspecified atom stereocenters. The maximum atomic E-state index is 11.3. The summed E-state index contributed by atoms with van der Waals surface area (Å²) in [5.41, 5.74) is -0.354. The molecule has 6 heteroatoms. The van der Waals surface area contributed by atoms with Gasteiger partial charge in [-0.2, -0.15) is 0 Å². The quantitative estimate of drug-likeness (QED) is 0.603. The lowest BCUT2D eigenvalue weighted by Gasteiger charge is -2.19. The lowest BCUT2D eigenvalue weighted by Crippen LogP contribution is -2.37. The molecule has 0 aromatic rings. The summed E-state index contributed by atoms with van der Waals surface area (Å²) in [7, 11) is 1.29. The van der Waals surface area contributed by atoms with Gasteiger partial charge in [-0.15, -0.1) is 0 Å². The van der Waals surface area contributed by atoms with Crippen LogP contribution in [-0.4, -0.2) is 42.6 Å². The zero-order chi connectivity index (χ0) is 12.8. The van der Waals surface area contributed by atoms with E-state index >= 15 is 0 Å². The molecule has 0 aliphatic carbocycles. The normalized spacial score (nSPS) is 13.1. The molecule has 0 aromatic heterocycles. The Hall–Kier alpha value is -0.620. The van der Waals surface area contributed by atoms with Crippen molar-refractivity contribution in [1.82, 2.24) is 5.32 Å². The standard InChI is InChI=1S/C10H18BrNO4/c1-10(2,3)16-6-8(13)12-5-7(11)9(14)15-4/h7H,5-6H2,1-4H3,(H,12,13). The first-order valence-electron chi connectivity index (χ1n) is 4.89. The fraction of sp³-hybridized carbons (Fsp3) is 0.800. The topological polar surface area (TPSA) is 64.6 Å². The molecule has 16 heavy (non-hydrogen) atoms. The number of methoxy groups -OCH3 is 1. The van der Waals surface area contributed by atoms with Crippen LogP contribution in [0.3, 0.4) is 0 Å². The molecule has 0 spiro atoms. The molecule has 0 radical (unpaired) electrons. The molecule has 0 rings (SSSR count). The minimum absolute atomic E-state index is 0.0234. The van der Waals surface area contributed by atoms with E-state index in [0.29, 0.717) is 0 Å².